The summed E-state index contributed by atoms with van der Waals surface area (Å²) in [6.07, 6.45) is 1.23. The van der Waals surface area contributed by atoms with Gasteiger partial charge in [0.25, 0.3) is 10.0 Å². The minimum atomic E-state index is -3.72. The highest BCUT2D eigenvalue weighted by atomic mass is 35.5. The van der Waals surface area contributed by atoms with E-state index in [0.717, 1.165) is 26.7 Å². The lowest BCUT2D eigenvalue weighted by atomic mass is 10.2. The number of fused-ring (bicyclic) bond motifs is 1. The number of thiazole rings is 1. The van der Waals surface area contributed by atoms with Crippen LogP contribution in [-0.4, -0.2) is 67.3 Å². The molecule has 0 saturated carbocycles. The average Bonchev–Trinajstić information content (AvgIpc) is 3.52. The second-order valence-electron chi connectivity index (χ2n) is 7.61. The van der Waals surface area contributed by atoms with Gasteiger partial charge in [0.05, 0.1) is 14.6 Å². The van der Waals surface area contributed by atoms with Crippen molar-refractivity contribution in [2.45, 2.75) is 23.1 Å². The van der Waals surface area contributed by atoms with Gasteiger partial charge in [-0.2, -0.15) is 4.31 Å². The van der Waals surface area contributed by atoms with Crippen LogP contribution in [0.4, 0.5) is 5.13 Å². The van der Waals surface area contributed by atoms with Gasteiger partial charge in [0.1, 0.15) is 10.3 Å². The highest BCUT2D eigenvalue weighted by Gasteiger charge is 2.42. The van der Waals surface area contributed by atoms with Gasteiger partial charge in [-0.15, -0.1) is 11.3 Å². The second kappa shape index (κ2) is 8.32. The Morgan fingerprint density at radius 3 is 2.52 bits per heavy atom. The molecule has 0 bridgehead atoms. The number of piperazine rings is 1. The summed E-state index contributed by atoms with van der Waals surface area (Å²) in [5.41, 5.74) is 0.987. The van der Waals surface area contributed by atoms with Gasteiger partial charge >= 0.3 is 0 Å². The van der Waals surface area contributed by atoms with E-state index in [1.165, 1.54) is 10.4 Å². The monoisotopic (exact) mass is 496 g/mol. The van der Waals surface area contributed by atoms with Crippen LogP contribution in [0.2, 0.25) is 4.34 Å². The number of sulfonamides is 1. The van der Waals surface area contributed by atoms with Gasteiger partial charge in [0.15, 0.2) is 5.13 Å². The van der Waals surface area contributed by atoms with E-state index < -0.39 is 16.1 Å². The van der Waals surface area contributed by atoms with Crippen molar-refractivity contribution in [1.29, 1.82) is 0 Å². The normalized spacial score (nSPS) is 20.6. The second-order valence-corrected chi connectivity index (χ2v) is 12.5. The van der Waals surface area contributed by atoms with E-state index in [-0.39, 0.29) is 10.1 Å². The Morgan fingerprint density at radius 2 is 1.81 bits per heavy atom. The summed E-state index contributed by atoms with van der Waals surface area (Å²) in [7, 11) is -3.72. The zero-order chi connectivity index (χ0) is 21.6. The molecular weight excluding hydrogens is 476 g/mol. The number of anilines is 1. The molecule has 7 nitrogen and oxygen atoms in total. The minimum Gasteiger partial charge on any atom is -0.345 e. The average molecular weight is 497 g/mol. The summed E-state index contributed by atoms with van der Waals surface area (Å²) in [5.74, 6) is -0.104. The maximum atomic E-state index is 13.2. The topological polar surface area (TPSA) is 73.8 Å². The fourth-order valence-corrected chi connectivity index (χ4v) is 8.43. The van der Waals surface area contributed by atoms with Crippen LogP contribution in [0.3, 0.4) is 0 Å². The number of thiophene rings is 1. The van der Waals surface area contributed by atoms with Crippen LogP contribution in [-0.2, 0) is 14.8 Å². The Morgan fingerprint density at radius 1 is 1.03 bits per heavy atom. The predicted octanol–water partition coefficient (Wildman–Crippen LogP) is 3.51. The van der Waals surface area contributed by atoms with Gasteiger partial charge in [-0.1, -0.05) is 35.1 Å². The van der Waals surface area contributed by atoms with Gasteiger partial charge < -0.3 is 9.80 Å². The number of hydrogen-bond acceptors (Lipinski definition) is 7. The molecule has 2 aromatic heterocycles. The molecule has 2 saturated heterocycles. The van der Waals surface area contributed by atoms with Crippen LogP contribution >= 0.6 is 34.3 Å². The van der Waals surface area contributed by atoms with Crippen molar-refractivity contribution in [3.05, 3.63) is 40.7 Å². The molecule has 4 heterocycles. The number of benzene rings is 1. The van der Waals surface area contributed by atoms with E-state index in [9.17, 15) is 13.2 Å². The number of aromatic nitrogens is 1. The van der Waals surface area contributed by atoms with E-state index in [4.69, 9.17) is 16.6 Å². The molecule has 5 rings (SSSR count). The van der Waals surface area contributed by atoms with Crippen LogP contribution in [0.1, 0.15) is 12.8 Å². The molecule has 0 unspecified atom stereocenters. The van der Waals surface area contributed by atoms with E-state index >= 15 is 0 Å². The first-order valence-corrected chi connectivity index (χ1v) is 13.5. The zero-order valence-corrected chi connectivity index (χ0v) is 19.8. The maximum absolute atomic E-state index is 13.2. The Bertz CT molecular complexity index is 1180. The quantitative estimate of drug-likeness (QED) is 0.552. The van der Waals surface area contributed by atoms with Gasteiger partial charge in [-0.3, -0.25) is 4.79 Å². The van der Waals surface area contributed by atoms with Crippen LogP contribution in [0.5, 0.6) is 0 Å². The van der Waals surface area contributed by atoms with Gasteiger partial charge in [-0.05, 0) is 37.1 Å². The predicted molar refractivity (Wildman–Crippen MR) is 125 cm³/mol. The molecule has 1 aromatic carbocycles. The summed E-state index contributed by atoms with van der Waals surface area (Å²) in [6, 6.07) is 10.5. The van der Waals surface area contributed by atoms with Crippen molar-refractivity contribution in [1.82, 2.24) is 14.2 Å². The first-order valence-electron chi connectivity index (χ1n) is 10.1. The van der Waals surface area contributed by atoms with Gasteiger partial charge in [-0.25, -0.2) is 13.4 Å². The van der Waals surface area contributed by atoms with Crippen molar-refractivity contribution in [3.8, 4) is 0 Å². The van der Waals surface area contributed by atoms with E-state index in [1.54, 1.807) is 22.3 Å². The number of halogens is 1. The van der Waals surface area contributed by atoms with E-state index in [0.29, 0.717) is 49.9 Å². The largest absolute Gasteiger partial charge is 0.345 e. The van der Waals surface area contributed by atoms with Gasteiger partial charge in [0.2, 0.25) is 5.91 Å². The van der Waals surface area contributed by atoms with E-state index in [1.807, 2.05) is 18.2 Å². The smallest absolute Gasteiger partial charge is 0.253 e. The molecule has 3 aromatic rings. The Hall–Kier alpha value is -1.72. The lowest BCUT2D eigenvalue weighted by Crippen LogP contribution is -2.54. The maximum Gasteiger partial charge on any atom is 0.253 e. The van der Waals surface area contributed by atoms with Crippen molar-refractivity contribution >= 4 is 65.6 Å². The van der Waals surface area contributed by atoms with Crippen LogP contribution in [0.25, 0.3) is 10.2 Å². The number of nitrogens with zero attached hydrogens (tertiary/aromatic N) is 4. The third-order valence-electron chi connectivity index (χ3n) is 5.74. The number of para-hydroxylation sites is 1. The Labute approximate surface area is 193 Å². The zero-order valence-electron chi connectivity index (χ0n) is 16.6. The van der Waals surface area contributed by atoms with Crippen LogP contribution < -0.4 is 4.90 Å². The minimum absolute atomic E-state index is 0.104. The van der Waals surface area contributed by atoms with Crippen molar-refractivity contribution in [3.63, 3.8) is 0 Å². The molecule has 2 fully saturated rings. The Kier molecular flexibility index (Phi) is 5.68. The van der Waals surface area contributed by atoms with Crippen molar-refractivity contribution < 1.29 is 13.2 Å². The summed E-state index contributed by atoms with van der Waals surface area (Å²) in [6.45, 7) is 2.85. The highest BCUT2D eigenvalue weighted by molar-refractivity contribution is 7.91. The molecule has 11 heteroatoms. The van der Waals surface area contributed by atoms with E-state index in [2.05, 4.69) is 11.0 Å². The summed E-state index contributed by atoms with van der Waals surface area (Å²) < 4.78 is 29.2. The molecule has 1 atom stereocenters. The lowest BCUT2D eigenvalue weighted by Gasteiger charge is -2.37. The molecule has 1 amide bonds. The number of rotatable bonds is 4. The molecule has 0 radical (unpaired) electrons. The summed E-state index contributed by atoms with van der Waals surface area (Å²) in [4.78, 5) is 21.9. The molecular formula is C20H21ClN4O3S3. The first kappa shape index (κ1) is 21.1. The van der Waals surface area contributed by atoms with Crippen LogP contribution in [0, 0.1) is 0 Å². The van der Waals surface area contributed by atoms with Gasteiger partial charge in [0, 0.05) is 32.7 Å². The lowest BCUT2D eigenvalue weighted by molar-refractivity contribution is -0.134. The fraction of sp³-hybridized carbons (Fsp3) is 0.400. The Balaban J connectivity index is 1.27. The number of amides is 1. The fourth-order valence-electron chi connectivity index (χ4n) is 4.15. The number of hydrogen-bond donors (Lipinski definition) is 0. The molecule has 0 aliphatic carbocycles. The standard InChI is InChI=1S/C20H21ClN4O3S3/c21-17-7-8-18(30-17)31(27,28)25-9-3-5-15(25)19(26)23-10-12-24(13-11-23)20-22-14-4-1-2-6-16(14)29-20/h1-2,4,6-8,15H,3,5,9-13H2/t15-/m0/s1. The molecule has 2 aliphatic heterocycles. The first-order chi connectivity index (χ1) is 14.9. The molecule has 2 aliphatic rings. The molecule has 164 valence electrons. The summed E-state index contributed by atoms with van der Waals surface area (Å²) >= 11 is 8.62. The highest BCUT2D eigenvalue weighted by Crippen LogP contribution is 2.33. The number of carbonyl (C=O) groups excluding carboxylic acids is 1. The third-order valence-corrected chi connectivity index (χ3v) is 10.4. The number of carbonyl (C=O) groups is 1. The molecule has 31 heavy (non-hydrogen) atoms. The molecule has 0 spiro atoms. The third kappa shape index (κ3) is 3.95. The van der Waals surface area contributed by atoms with Crippen molar-refractivity contribution in [2.75, 3.05) is 37.6 Å². The summed E-state index contributed by atoms with van der Waals surface area (Å²) in [5, 5.41) is 0.966. The van der Waals surface area contributed by atoms with Crippen molar-refractivity contribution in [2.24, 2.45) is 0 Å². The SMILES string of the molecule is O=C([C@@H]1CCCN1S(=O)(=O)c1ccc(Cl)s1)N1CCN(c2nc3ccccc3s2)CC1. The molecule has 0 N–H and O–H groups in total. The van der Waals surface area contributed by atoms with Crippen LogP contribution in [0.15, 0.2) is 40.6 Å².